The molecule has 0 saturated carbocycles. The molecule has 1 aliphatic rings. The van der Waals surface area contributed by atoms with E-state index in [1.54, 1.807) is 0 Å². The van der Waals surface area contributed by atoms with Crippen LogP contribution < -0.4 is 10.6 Å². The van der Waals surface area contributed by atoms with Crippen LogP contribution in [0, 0.1) is 0 Å². The number of nitrogens with zero attached hydrogens (tertiary/aromatic N) is 1. The molecule has 0 bridgehead atoms. The Morgan fingerprint density at radius 3 is 2.81 bits per heavy atom. The molecule has 1 atom stereocenters. The summed E-state index contributed by atoms with van der Waals surface area (Å²) < 4.78 is 0. The Bertz CT molecular complexity index is 433. The number of amides is 1. The molecule has 1 aliphatic heterocycles. The van der Waals surface area contributed by atoms with Gasteiger partial charge >= 0.3 is 0 Å². The van der Waals surface area contributed by atoms with Gasteiger partial charge in [-0.25, -0.2) is 0 Å². The van der Waals surface area contributed by atoms with Gasteiger partial charge in [-0.15, -0.1) is 0 Å². The van der Waals surface area contributed by atoms with E-state index in [2.05, 4.69) is 53.6 Å². The maximum Gasteiger partial charge on any atom is 0.221 e. The van der Waals surface area contributed by atoms with Crippen molar-refractivity contribution in [2.45, 2.75) is 45.3 Å². The quantitative estimate of drug-likeness (QED) is 0.804. The monoisotopic (exact) mass is 289 g/mol. The highest BCUT2D eigenvalue weighted by molar-refractivity contribution is 5.76. The SMILES string of the molecule is CC(C)NCCC(=O)NC1CCN(Cc2ccccc2)C1. The van der Waals surface area contributed by atoms with Crippen LogP contribution in [0.1, 0.15) is 32.3 Å². The van der Waals surface area contributed by atoms with Crippen molar-refractivity contribution in [1.82, 2.24) is 15.5 Å². The van der Waals surface area contributed by atoms with Gasteiger partial charge in [0.05, 0.1) is 0 Å². The molecule has 0 spiro atoms. The number of hydrogen-bond donors (Lipinski definition) is 2. The van der Waals surface area contributed by atoms with E-state index in [-0.39, 0.29) is 5.91 Å². The van der Waals surface area contributed by atoms with E-state index in [0.717, 1.165) is 32.6 Å². The van der Waals surface area contributed by atoms with Gasteiger partial charge < -0.3 is 10.6 Å². The number of nitrogens with one attached hydrogen (secondary N) is 2. The topological polar surface area (TPSA) is 44.4 Å². The third-order valence-electron chi connectivity index (χ3n) is 3.79. The molecule has 0 aliphatic carbocycles. The lowest BCUT2D eigenvalue weighted by Crippen LogP contribution is -2.38. The van der Waals surface area contributed by atoms with E-state index in [1.165, 1.54) is 5.56 Å². The van der Waals surface area contributed by atoms with Crippen LogP contribution in [-0.4, -0.2) is 42.5 Å². The van der Waals surface area contributed by atoms with E-state index >= 15 is 0 Å². The summed E-state index contributed by atoms with van der Waals surface area (Å²) in [6.07, 6.45) is 1.61. The van der Waals surface area contributed by atoms with E-state index in [9.17, 15) is 4.79 Å². The molecule has 21 heavy (non-hydrogen) atoms. The number of hydrogen-bond acceptors (Lipinski definition) is 3. The second-order valence-electron chi connectivity index (χ2n) is 6.13. The fourth-order valence-corrected chi connectivity index (χ4v) is 2.71. The van der Waals surface area contributed by atoms with Gasteiger partial charge in [-0.05, 0) is 12.0 Å². The molecule has 1 unspecified atom stereocenters. The molecule has 1 fully saturated rings. The molecule has 1 aromatic rings. The summed E-state index contributed by atoms with van der Waals surface area (Å²) >= 11 is 0. The van der Waals surface area contributed by atoms with Crippen molar-refractivity contribution < 1.29 is 4.79 Å². The van der Waals surface area contributed by atoms with Crippen molar-refractivity contribution in [3.05, 3.63) is 35.9 Å². The first-order valence-corrected chi connectivity index (χ1v) is 7.92. The molecular weight excluding hydrogens is 262 g/mol. The lowest BCUT2D eigenvalue weighted by Gasteiger charge is -2.17. The van der Waals surface area contributed by atoms with E-state index in [0.29, 0.717) is 18.5 Å². The molecule has 1 heterocycles. The van der Waals surface area contributed by atoms with Gasteiger partial charge in [0, 0.05) is 44.7 Å². The van der Waals surface area contributed by atoms with Gasteiger partial charge in [0.1, 0.15) is 0 Å². The van der Waals surface area contributed by atoms with Gasteiger partial charge in [0.15, 0.2) is 0 Å². The first-order valence-electron chi connectivity index (χ1n) is 7.92. The summed E-state index contributed by atoms with van der Waals surface area (Å²) in [6.45, 7) is 7.93. The molecule has 2 rings (SSSR count). The zero-order chi connectivity index (χ0) is 15.1. The highest BCUT2D eigenvalue weighted by Gasteiger charge is 2.23. The Morgan fingerprint density at radius 1 is 1.33 bits per heavy atom. The van der Waals surface area contributed by atoms with Crippen LogP contribution in [0.25, 0.3) is 0 Å². The fraction of sp³-hybridized carbons (Fsp3) is 0.588. The molecule has 4 nitrogen and oxygen atoms in total. The van der Waals surface area contributed by atoms with E-state index < -0.39 is 0 Å². The zero-order valence-electron chi connectivity index (χ0n) is 13.1. The highest BCUT2D eigenvalue weighted by Crippen LogP contribution is 2.13. The van der Waals surface area contributed by atoms with Gasteiger partial charge in [-0.2, -0.15) is 0 Å². The Morgan fingerprint density at radius 2 is 2.10 bits per heavy atom. The van der Waals surface area contributed by atoms with Gasteiger partial charge in [0.25, 0.3) is 0 Å². The first kappa shape index (κ1) is 16.0. The average molecular weight is 289 g/mol. The van der Waals surface area contributed by atoms with E-state index in [4.69, 9.17) is 0 Å². The molecule has 4 heteroatoms. The average Bonchev–Trinajstić information content (AvgIpc) is 2.86. The van der Waals surface area contributed by atoms with Crippen LogP contribution in [0.5, 0.6) is 0 Å². The summed E-state index contributed by atoms with van der Waals surface area (Å²) in [5.74, 6) is 0.162. The lowest BCUT2D eigenvalue weighted by molar-refractivity contribution is -0.121. The first-order chi connectivity index (χ1) is 10.1. The van der Waals surface area contributed by atoms with Crippen molar-refractivity contribution in [3.8, 4) is 0 Å². The molecule has 1 saturated heterocycles. The minimum absolute atomic E-state index is 0.162. The van der Waals surface area contributed by atoms with Gasteiger partial charge in [-0.1, -0.05) is 44.2 Å². The summed E-state index contributed by atoms with van der Waals surface area (Å²) in [6, 6.07) is 11.2. The fourth-order valence-electron chi connectivity index (χ4n) is 2.71. The smallest absolute Gasteiger partial charge is 0.221 e. The molecule has 1 amide bonds. The van der Waals surface area contributed by atoms with Crippen LogP contribution in [0.15, 0.2) is 30.3 Å². The third kappa shape index (κ3) is 5.86. The van der Waals surface area contributed by atoms with Crippen molar-refractivity contribution in [2.24, 2.45) is 0 Å². The number of rotatable bonds is 7. The summed E-state index contributed by atoms with van der Waals surface area (Å²) in [4.78, 5) is 14.3. The Labute approximate surface area is 127 Å². The second-order valence-corrected chi connectivity index (χ2v) is 6.13. The van der Waals surface area contributed by atoms with Crippen LogP contribution in [0.4, 0.5) is 0 Å². The van der Waals surface area contributed by atoms with Crippen LogP contribution in [0.2, 0.25) is 0 Å². The number of likely N-dealkylation sites (tertiary alicyclic amines) is 1. The Hall–Kier alpha value is -1.39. The zero-order valence-corrected chi connectivity index (χ0v) is 13.1. The molecule has 2 N–H and O–H groups in total. The number of carbonyl (C=O) groups excluding carboxylic acids is 1. The third-order valence-corrected chi connectivity index (χ3v) is 3.79. The Balaban J connectivity index is 1.67. The largest absolute Gasteiger partial charge is 0.352 e. The highest BCUT2D eigenvalue weighted by atomic mass is 16.1. The summed E-state index contributed by atoms with van der Waals surface area (Å²) in [5.41, 5.74) is 1.34. The predicted octanol–water partition coefficient (Wildman–Crippen LogP) is 1.77. The van der Waals surface area contributed by atoms with Crippen LogP contribution in [0.3, 0.4) is 0 Å². The standard InChI is InChI=1S/C17H27N3O/c1-14(2)18-10-8-17(21)19-16-9-11-20(13-16)12-15-6-4-3-5-7-15/h3-7,14,16,18H,8-13H2,1-2H3,(H,19,21). The number of carbonyl (C=O) groups is 1. The molecule has 0 aromatic heterocycles. The van der Waals surface area contributed by atoms with E-state index in [1.807, 2.05) is 6.07 Å². The normalized spacial score (nSPS) is 19.1. The van der Waals surface area contributed by atoms with Crippen LogP contribution in [-0.2, 0) is 11.3 Å². The van der Waals surface area contributed by atoms with Gasteiger partial charge in [0.2, 0.25) is 5.91 Å². The molecule has 0 radical (unpaired) electrons. The second kappa shape index (κ2) is 8.15. The lowest BCUT2D eigenvalue weighted by atomic mass is 10.2. The maximum atomic E-state index is 11.9. The van der Waals surface area contributed by atoms with Crippen LogP contribution >= 0.6 is 0 Å². The van der Waals surface area contributed by atoms with Crippen molar-refractivity contribution in [3.63, 3.8) is 0 Å². The number of benzene rings is 1. The predicted molar refractivity (Wildman–Crippen MR) is 86.0 cm³/mol. The van der Waals surface area contributed by atoms with Crippen molar-refractivity contribution >= 4 is 5.91 Å². The molecule has 1 aromatic carbocycles. The van der Waals surface area contributed by atoms with Crippen molar-refractivity contribution in [2.75, 3.05) is 19.6 Å². The van der Waals surface area contributed by atoms with Gasteiger partial charge in [-0.3, -0.25) is 9.69 Å². The minimum Gasteiger partial charge on any atom is -0.352 e. The molecular formula is C17H27N3O. The Kier molecular flexibility index (Phi) is 6.21. The summed E-state index contributed by atoms with van der Waals surface area (Å²) in [7, 11) is 0. The minimum atomic E-state index is 0.162. The molecule has 116 valence electrons. The summed E-state index contributed by atoms with van der Waals surface area (Å²) in [5, 5.41) is 6.42. The maximum absolute atomic E-state index is 11.9. The van der Waals surface area contributed by atoms with Crippen molar-refractivity contribution in [1.29, 1.82) is 0 Å².